The molecule has 1 atom stereocenters. The number of carbonyl (C=O) groups is 2. The van der Waals surface area contributed by atoms with Gasteiger partial charge in [0, 0.05) is 12.5 Å². The molecule has 3 aliphatic heterocycles. The van der Waals surface area contributed by atoms with Gasteiger partial charge in [-0.3, -0.25) is 4.79 Å². The van der Waals surface area contributed by atoms with Crippen molar-refractivity contribution < 1.29 is 14.7 Å². The molecule has 134 valence electrons. The van der Waals surface area contributed by atoms with E-state index in [0.717, 1.165) is 49.2 Å². The minimum atomic E-state index is -1.08. The number of primary amides is 1. The highest BCUT2D eigenvalue weighted by Gasteiger charge is 2.38. The number of rotatable bonds is 4. The van der Waals surface area contributed by atoms with Crippen LogP contribution in [0.3, 0.4) is 0 Å². The minimum absolute atomic E-state index is 0.0796. The summed E-state index contributed by atoms with van der Waals surface area (Å²) in [6, 6.07) is 13.3. The Morgan fingerprint density at radius 2 is 1.73 bits per heavy atom. The van der Waals surface area contributed by atoms with E-state index >= 15 is 0 Å². The molecule has 26 heavy (non-hydrogen) atoms. The summed E-state index contributed by atoms with van der Waals surface area (Å²) in [4.78, 5) is 26.5. The summed E-state index contributed by atoms with van der Waals surface area (Å²) < 4.78 is 0. The van der Waals surface area contributed by atoms with Crippen LogP contribution in [0, 0.1) is 5.92 Å². The van der Waals surface area contributed by atoms with E-state index in [2.05, 4.69) is 4.90 Å². The lowest BCUT2D eigenvalue weighted by molar-refractivity contribution is 0.0675. The SMILES string of the molecule is NC(=O)c1cc(-c2ccccc2)cc(C2CN3CCC2CC3)c1C(=O)O. The number of carboxylic acid groups (broad SMARTS) is 1. The summed E-state index contributed by atoms with van der Waals surface area (Å²) in [5.74, 6) is -1.18. The molecule has 5 rings (SSSR count). The molecule has 3 saturated heterocycles. The van der Waals surface area contributed by atoms with Gasteiger partial charge < -0.3 is 15.7 Å². The largest absolute Gasteiger partial charge is 0.478 e. The molecule has 1 amide bonds. The average Bonchev–Trinajstić information content (AvgIpc) is 2.68. The maximum atomic E-state index is 12.1. The Hall–Kier alpha value is -2.66. The molecule has 5 heteroatoms. The van der Waals surface area contributed by atoms with Crippen molar-refractivity contribution in [2.45, 2.75) is 18.8 Å². The van der Waals surface area contributed by atoms with Gasteiger partial charge in [0.25, 0.3) is 0 Å². The fraction of sp³-hybridized carbons (Fsp3) is 0.333. The molecule has 3 fully saturated rings. The van der Waals surface area contributed by atoms with Crippen LogP contribution in [0.15, 0.2) is 42.5 Å². The maximum Gasteiger partial charge on any atom is 0.336 e. The van der Waals surface area contributed by atoms with Crippen LogP contribution in [-0.2, 0) is 0 Å². The van der Waals surface area contributed by atoms with E-state index in [-0.39, 0.29) is 17.0 Å². The van der Waals surface area contributed by atoms with Crippen molar-refractivity contribution in [3.8, 4) is 11.1 Å². The van der Waals surface area contributed by atoms with Crippen molar-refractivity contribution in [1.29, 1.82) is 0 Å². The van der Waals surface area contributed by atoms with E-state index < -0.39 is 11.9 Å². The number of carbonyl (C=O) groups excluding carboxylic acids is 1. The molecule has 3 aliphatic rings. The van der Waals surface area contributed by atoms with E-state index in [1.54, 1.807) is 6.07 Å². The second kappa shape index (κ2) is 6.57. The van der Waals surface area contributed by atoms with Gasteiger partial charge in [-0.15, -0.1) is 0 Å². The Bertz CT molecular complexity index is 855. The standard InChI is InChI=1S/C21H22N2O3/c22-20(24)17-11-15(13-4-2-1-3-5-13)10-16(19(17)21(25)26)18-12-23-8-6-14(18)7-9-23/h1-5,10-11,14,18H,6-9,12H2,(H2,22,24)(H,25,26). The molecule has 3 heterocycles. The van der Waals surface area contributed by atoms with Gasteiger partial charge >= 0.3 is 5.97 Å². The summed E-state index contributed by atoms with van der Waals surface area (Å²) >= 11 is 0. The van der Waals surface area contributed by atoms with Gasteiger partial charge in [0.2, 0.25) is 5.91 Å². The number of aromatic carboxylic acids is 1. The lowest BCUT2D eigenvalue weighted by Gasteiger charge is -2.45. The van der Waals surface area contributed by atoms with Crippen LogP contribution in [0.4, 0.5) is 0 Å². The number of piperidine rings is 3. The minimum Gasteiger partial charge on any atom is -0.478 e. The Morgan fingerprint density at radius 1 is 1.04 bits per heavy atom. The first-order chi connectivity index (χ1) is 12.5. The zero-order valence-electron chi connectivity index (χ0n) is 14.5. The predicted molar refractivity (Wildman–Crippen MR) is 99.3 cm³/mol. The number of hydrogen-bond donors (Lipinski definition) is 2. The maximum absolute atomic E-state index is 12.1. The molecule has 2 bridgehead atoms. The van der Waals surface area contributed by atoms with E-state index in [0.29, 0.717) is 5.92 Å². The number of benzene rings is 2. The summed E-state index contributed by atoms with van der Waals surface area (Å²) in [6.07, 6.45) is 2.15. The average molecular weight is 350 g/mol. The highest BCUT2D eigenvalue weighted by Crippen LogP contribution is 2.42. The third kappa shape index (κ3) is 2.88. The van der Waals surface area contributed by atoms with E-state index in [9.17, 15) is 14.7 Å². The van der Waals surface area contributed by atoms with E-state index in [1.165, 1.54) is 0 Å². The Balaban J connectivity index is 1.91. The number of fused-ring (bicyclic) bond motifs is 3. The van der Waals surface area contributed by atoms with Gasteiger partial charge in [0.1, 0.15) is 0 Å². The molecule has 0 spiro atoms. The smallest absolute Gasteiger partial charge is 0.336 e. The summed E-state index contributed by atoms with van der Waals surface area (Å²) in [7, 11) is 0. The monoisotopic (exact) mass is 350 g/mol. The zero-order valence-corrected chi connectivity index (χ0v) is 14.5. The van der Waals surface area contributed by atoms with Crippen LogP contribution in [0.25, 0.3) is 11.1 Å². The predicted octanol–water partition coefficient (Wildman–Crippen LogP) is 2.96. The molecule has 3 N–H and O–H groups in total. The van der Waals surface area contributed by atoms with Crippen LogP contribution in [0.1, 0.15) is 45.0 Å². The number of nitrogens with two attached hydrogens (primary N) is 1. The topological polar surface area (TPSA) is 83.6 Å². The molecule has 0 aliphatic carbocycles. The lowest BCUT2D eigenvalue weighted by atomic mass is 9.73. The molecule has 1 unspecified atom stereocenters. The zero-order chi connectivity index (χ0) is 18.3. The number of nitrogens with zero attached hydrogens (tertiary/aromatic N) is 1. The van der Waals surface area contributed by atoms with Crippen LogP contribution in [0.5, 0.6) is 0 Å². The molecule has 0 radical (unpaired) electrons. The molecule has 5 nitrogen and oxygen atoms in total. The molecule has 0 saturated carbocycles. The molecular formula is C21H22N2O3. The van der Waals surface area contributed by atoms with Crippen molar-refractivity contribution >= 4 is 11.9 Å². The number of amides is 1. The lowest BCUT2D eigenvalue weighted by Crippen LogP contribution is -2.46. The quantitative estimate of drug-likeness (QED) is 0.888. The van der Waals surface area contributed by atoms with Gasteiger partial charge in [0.05, 0.1) is 11.1 Å². The number of carboxylic acids is 1. The summed E-state index contributed by atoms with van der Waals surface area (Å²) in [6.45, 7) is 3.00. The van der Waals surface area contributed by atoms with Crippen molar-refractivity contribution in [1.82, 2.24) is 4.90 Å². The molecule has 2 aromatic rings. The molecular weight excluding hydrogens is 328 g/mol. The van der Waals surface area contributed by atoms with E-state index in [1.807, 2.05) is 36.4 Å². The Morgan fingerprint density at radius 3 is 2.27 bits per heavy atom. The third-order valence-corrected chi connectivity index (χ3v) is 5.81. The van der Waals surface area contributed by atoms with Gasteiger partial charge in [0.15, 0.2) is 0 Å². The van der Waals surface area contributed by atoms with Gasteiger partial charge in [-0.2, -0.15) is 0 Å². The molecule has 0 aromatic heterocycles. The number of hydrogen-bond acceptors (Lipinski definition) is 3. The van der Waals surface area contributed by atoms with Crippen molar-refractivity contribution in [2.75, 3.05) is 19.6 Å². The first-order valence-electron chi connectivity index (χ1n) is 9.03. The normalized spacial score (nSPS) is 24.4. The van der Waals surface area contributed by atoms with Crippen LogP contribution in [-0.4, -0.2) is 41.5 Å². The Labute approximate surface area is 152 Å². The van der Waals surface area contributed by atoms with Crippen molar-refractivity contribution in [2.24, 2.45) is 11.7 Å². The second-order valence-corrected chi connectivity index (χ2v) is 7.27. The van der Waals surface area contributed by atoms with Gasteiger partial charge in [-0.1, -0.05) is 30.3 Å². The van der Waals surface area contributed by atoms with Crippen LogP contribution in [0.2, 0.25) is 0 Å². The van der Waals surface area contributed by atoms with Crippen molar-refractivity contribution in [3.63, 3.8) is 0 Å². The van der Waals surface area contributed by atoms with Crippen molar-refractivity contribution in [3.05, 3.63) is 59.2 Å². The first kappa shape index (κ1) is 16.8. The van der Waals surface area contributed by atoms with Gasteiger partial charge in [-0.05, 0) is 60.7 Å². The third-order valence-electron chi connectivity index (χ3n) is 5.81. The van der Waals surface area contributed by atoms with Gasteiger partial charge in [-0.25, -0.2) is 4.79 Å². The summed E-state index contributed by atoms with van der Waals surface area (Å²) in [5, 5.41) is 9.84. The fourth-order valence-electron chi connectivity index (χ4n) is 4.50. The summed E-state index contributed by atoms with van der Waals surface area (Å²) in [5.41, 5.74) is 8.29. The van der Waals surface area contributed by atoms with E-state index in [4.69, 9.17) is 5.73 Å². The van der Waals surface area contributed by atoms with Crippen LogP contribution >= 0.6 is 0 Å². The first-order valence-corrected chi connectivity index (χ1v) is 9.03. The highest BCUT2D eigenvalue weighted by molar-refractivity contribution is 6.06. The fourth-order valence-corrected chi connectivity index (χ4v) is 4.50. The highest BCUT2D eigenvalue weighted by atomic mass is 16.4. The molecule has 2 aromatic carbocycles. The second-order valence-electron chi connectivity index (χ2n) is 7.27. The van der Waals surface area contributed by atoms with Crippen LogP contribution < -0.4 is 5.73 Å². The Kier molecular flexibility index (Phi) is 4.24.